The number of nitriles is 1. The third kappa shape index (κ3) is 3.91. The molecule has 1 aromatic heterocycles. The maximum absolute atomic E-state index is 13.8. The molecule has 2 amide bonds. The van der Waals surface area contributed by atoms with E-state index in [2.05, 4.69) is 12.2 Å². The van der Waals surface area contributed by atoms with Crippen molar-refractivity contribution in [2.75, 3.05) is 5.32 Å². The van der Waals surface area contributed by atoms with E-state index in [4.69, 9.17) is 5.73 Å². The molecule has 0 saturated carbocycles. The number of thiophene rings is 1. The van der Waals surface area contributed by atoms with Crippen molar-refractivity contribution in [1.82, 2.24) is 0 Å². The Hall–Kier alpha value is -2.98. The molecule has 3 rings (SSSR count). The second-order valence-electron chi connectivity index (χ2n) is 6.57. The van der Waals surface area contributed by atoms with E-state index in [-0.39, 0.29) is 11.1 Å². The number of hydrogen-bond acceptors (Lipinski definition) is 4. The van der Waals surface area contributed by atoms with Gasteiger partial charge in [-0.25, -0.2) is 4.39 Å². The number of benzene rings is 1. The molecule has 0 spiro atoms. The predicted molar refractivity (Wildman–Crippen MR) is 103 cm³/mol. The standard InChI is InChI=1S/C20H18FN3O2S/c1-11-6-7-14-16(8-11)27-20(17(14)18(23)25)24-19(26)13(10-22)9-12-4-2-3-5-15(12)21/h2-5,9,11H,6-8H2,1H3,(H2,23,25)(H,24,26)/b13-9+. The van der Waals surface area contributed by atoms with Crippen molar-refractivity contribution in [1.29, 1.82) is 5.26 Å². The second-order valence-corrected chi connectivity index (χ2v) is 7.67. The maximum Gasteiger partial charge on any atom is 0.266 e. The summed E-state index contributed by atoms with van der Waals surface area (Å²) in [4.78, 5) is 25.5. The Morgan fingerprint density at radius 2 is 2.15 bits per heavy atom. The molecule has 1 unspecified atom stereocenters. The highest BCUT2D eigenvalue weighted by atomic mass is 32.1. The summed E-state index contributed by atoms with van der Waals surface area (Å²) in [5.41, 5.74) is 6.62. The molecule has 0 fully saturated rings. The number of anilines is 1. The molecule has 0 radical (unpaired) electrons. The molecule has 5 nitrogen and oxygen atoms in total. The zero-order valence-electron chi connectivity index (χ0n) is 14.7. The van der Waals surface area contributed by atoms with Crippen molar-refractivity contribution >= 4 is 34.2 Å². The van der Waals surface area contributed by atoms with Crippen LogP contribution in [0.15, 0.2) is 29.8 Å². The number of nitrogens with one attached hydrogen (secondary N) is 1. The van der Waals surface area contributed by atoms with Crippen molar-refractivity contribution in [3.05, 3.63) is 57.2 Å². The lowest BCUT2D eigenvalue weighted by molar-refractivity contribution is -0.112. The average molecular weight is 383 g/mol. The summed E-state index contributed by atoms with van der Waals surface area (Å²) in [6.07, 6.45) is 3.70. The van der Waals surface area contributed by atoms with Gasteiger partial charge in [0.2, 0.25) is 0 Å². The van der Waals surface area contributed by atoms with Gasteiger partial charge < -0.3 is 11.1 Å². The minimum atomic E-state index is -0.699. The van der Waals surface area contributed by atoms with Crippen molar-refractivity contribution in [2.24, 2.45) is 11.7 Å². The molecule has 1 aliphatic carbocycles. The fourth-order valence-electron chi connectivity index (χ4n) is 3.17. The minimum Gasteiger partial charge on any atom is -0.365 e. The molecular formula is C20H18FN3O2S. The van der Waals surface area contributed by atoms with Gasteiger partial charge in [-0.3, -0.25) is 9.59 Å². The summed E-state index contributed by atoms with van der Waals surface area (Å²) in [7, 11) is 0. The van der Waals surface area contributed by atoms with Gasteiger partial charge in [0.05, 0.1) is 5.56 Å². The third-order valence-corrected chi connectivity index (χ3v) is 5.73. The van der Waals surface area contributed by atoms with Crippen LogP contribution in [0.1, 0.15) is 39.7 Å². The summed E-state index contributed by atoms with van der Waals surface area (Å²) in [5.74, 6) is -1.34. The quantitative estimate of drug-likeness (QED) is 0.623. The van der Waals surface area contributed by atoms with Gasteiger partial charge in [0.15, 0.2) is 0 Å². The second kappa shape index (κ2) is 7.72. The SMILES string of the molecule is CC1CCc2c(sc(NC(=O)/C(C#N)=C/c3ccccc3F)c2C(N)=O)C1. The van der Waals surface area contributed by atoms with E-state index in [9.17, 15) is 19.2 Å². The Bertz CT molecular complexity index is 988. The Kier molecular flexibility index (Phi) is 5.38. The van der Waals surface area contributed by atoms with Crippen LogP contribution in [-0.4, -0.2) is 11.8 Å². The molecule has 0 bridgehead atoms. The molecule has 2 aromatic rings. The van der Waals surface area contributed by atoms with Crippen molar-refractivity contribution in [3.63, 3.8) is 0 Å². The number of halogens is 1. The van der Waals surface area contributed by atoms with E-state index in [1.165, 1.54) is 35.6 Å². The van der Waals surface area contributed by atoms with Crippen LogP contribution in [0.4, 0.5) is 9.39 Å². The monoisotopic (exact) mass is 383 g/mol. The normalized spacial score (nSPS) is 16.3. The number of amides is 2. The first-order valence-electron chi connectivity index (χ1n) is 8.52. The molecule has 138 valence electrons. The smallest absolute Gasteiger partial charge is 0.266 e. The van der Waals surface area contributed by atoms with Crippen molar-refractivity contribution in [2.45, 2.75) is 26.2 Å². The zero-order valence-corrected chi connectivity index (χ0v) is 15.5. The molecule has 3 N–H and O–H groups in total. The Labute approximate surface area is 160 Å². The molecule has 1 heterocycles. The third-order valence-electron chi connectivity index (χ3n) is 4.56. The lowest BCUT2D eigenvalue weighted by atomic mass is 9.88. The van der Waals surface area contributed by atoms with Crippen LogP contribution in [0.2, 0.25) is 0 Å². The van der Waals surface area contributed by atoms with Gasteiger partial charge in [-0.15, -0.1) is 11.3 Å². The van der Waals surface area contributed by atoms with Gasteiger partial charge in [-0.2, -0.15) is 5.26 Å². The highest BCUT2D eigenvalue weighted by molar-refractivity contribution is 7.17. The molecule has 1 aliphatic rings. The maximum atomic E-state index is 13.8. The van der Waals surface area contributed by atoms with Gasteiger partial charge in [0.1, 0.15) is 22.5 Å². The average Bonchev–Trinajstić information content (AvgIpc) is 2.97. The van der Waals surface area contributed by atoms with E-state index >= 15 is 0 Å². The van der Waals surface area contributed by atoms with Gasteiger partial charge >= 0.3 is 0 Å². The number of carbonyl (C=O) groups is 2. The molecule has 27 heavy (non-hydrogen) atoms. The first kappa shape index (κ1) is 18.8. The van der Waals surface area contributed by atoms with Crippen LogP contribution >= 0.6 is 11.3 Å². The highest BCUT2D eigenvalue weighted by Crippen LogP contribution is 2.39. The van der Waals surface area contributed by atoms with Gasteiger partial charge in [-0.1, -0.05) is 25.1 Å². The van der Waals surface area contributed by atoms with Crippen LogP contribution in [0.5, 0.6) is 0 Å². The van der Waals surface area contributed by atoms with Crippen molar-refractivity contribution < 1.29 is 14.0 Å². The topological polar surface area (TPSA) is 96.0 Å². The molecule has 7 heteroatoms. The minimum absolute atomic E-state index is 0.138. The van der Waals surface area contributed by atoms with Gasteiger partial charge in [0, 0.05) is 10.4 Å². The summed E-state index contributed by atoms with van der Waals surface area (Å²) >= 11 is 1.32. The Morgan fingerprint density at radius 1 is 1.41 bits per heavy atom. The molecule has 0 saturated heterocycles. The predicted octanol–water partition coefficient (Wildman–Crippen LogP) is 3.66. The number of carbonyl (C=O) groups excluding carboxylic acids is 2. The van der Waals surface area contributed by atoms with Crippen molar-refractivity contribution in [3.8, 4) is 6.07 Å². The van der Waals surface area contributed by atoms with E-state index in [1.54, 1.807) is 12.1 Å². The van der Waals surface area contributed by atoms with Gasteiger partial charge in [0.25, 0.3) is 11.8 Å². The molecule has 0 aliphatic heterocycles. The lowest BCUT2D eigenvalue weighted by Crippen LogP contribution is -2.19. The van der Waals surface area contributed by atoms with Crippen LogP contribution in [0, 0.1) is 23.1 Å². The fourth-order valence-corrected chi connectivity index (χ4v) is 4.58. The van der Waals surface area contributed by atoms with E-state index < -0.39 is 17.6 Å². The van der Waals surface area contributed by atoms with Crippen LogP contribution in [-0.2, 0) is 17.6 Å². The summed E-state index contributed by atoms with van der Waals surface area (Å²) in [5, 5.41) is 12.3. The number of primary amides is 1. The summed E-state index contributed by atoms with van der Waals surface area (Å²) in [6.45, 7) is 2.13. The zero-order chi connectivity index (χ0) is 19.6. The number of nitrogens with zero attached hydrogens (tertiary/aromatic N) is 1. The number of rotatable bonds is 4. The summed E-state index contributed by atoms with van der Waals surface area (Å²) in [6, 6.07) is 7.64. The Balaban J connectivity index is 1.93. The van der Waals surface area contributed by atoms with Gasteiger partial charge in [-0.05, 0) is 42.9 Å². The first-order valence-corrected chi connectivity index (χ1v) is 9.34. The largest absolute Gasteiger partial charge is 0.365 e. The molecule has 1 aromatic carbocycles. The van der Waals surface area contributed by atoms with Crippen LogP contribution in [0.3, 0.4) is 0 Å². The van der Waals surface area contributed by atoms with E-state index in [0.717, 1.165) is 29.7 Å². The van der Waals surface area contributed by atoms with E-state index in [1.807, 2.05) is 0 Å². The number of fused-ring (bicyclic) bond motifs is 1. The first-order chi connectivity index (χ1) is 12.9. The Morgan fingerprint density at radius 3 is 2.81 bits per heavy atom. The fraction of sp³-hybridized carbons (Fsp3) is 0.250. The molecular weight excluding hydrogens is 365 g/mol. The number of hydrogen-bond donors (Lipinski definition) is 2. The lowest BCUT2D eigenvalue weighted by Gasteiger charge is -2.18. The summed E-state index contributed by atoms with van der Waals surface area (Å²) < 4.78 is 13.8. The highest BCUT2D eigenvalue weighted by Gasteiger charge is 2.27. The molecule has 1 atom stereocenters. The van der Waals surface area contributed by atoms with Crippen LogP contribution < -0.4 is 11.1 Å². The van der Waals surface area contributed by atoms with E-state index in [0.29, 0.717) is 16.5 Å². The van der Waals surface area contributed by atoms with Crippen LogP contribution in [0.25, 0.3) is 6.08 Å². The number of nitrogens with two attached hydrogens (primary N) is 1.